The van der Waals surface area contributed by atoms with Crippen LogP contribution in [0.15, 0.2) is 60.7 Å². The molecule has 2 heteroatoms. The fourth-order valence-electron chi connectivity index (χ4n) is 4.08. The van der Waals surface area contributed by atoms with Crippen LogP contribution in [0, 0.1) is 13.8 Å². The topological polar surface area (TPSA) is 29.3 Å². The number of nitrogens with zero attached hydrogens (tertiary/aromatic N) is 1. The van der Waals surface area contributed by atoms with Crippen molar-refractivity contribution in [3.05, 3.63) is 82.9 Å². The summed E-state index contributed by atoms with van der Waals surface area (Å²) in [5.41, 5.74) is 9.85. The van der Waals surface area contributed by atoms with E-state index in [1.165, 1.54) is 33.4 Å². The molecule has 1 aliphatic carbocycles. The second-order valence-corrected chi connectivity index (χ2v) is 7.62. The standard InChI is InChI=1S/C23H24N2/c1-15-11-16(2)13-18(12-15)25(24)17-9-10-20-19-7-5-6-8-21(19)23(3,4)22(20)14-17/h5-14H,24H2,1-4H3. The molecule has 0 aromatic heterocycles. The Labute approximate surface area is 149 Å². The molecular formula is C23H24N2. The number of anilines is 2. The highest BCUT2D eigenvalue weighted by atomic mass is 15.4. The monoisotopic (exact) mass is 328 g/mol. The Balaban J connectivity index is 1.82. The normalized spacial score (nSPS) is 14.1. The first-order valence-corrected chi connectivity index (χ1v) is 8.75. The van der Waals surface area contributed by atoms with E-state index < -0.39 is 0 Å². The molecular weight excluding hydrogens is 304 g/mol. The van der Waals surface area contributed by atoms with E-state index in [2.05, 4.69) is 88.4 Å². The minimum atomic E-state index is -0.00863. The largest absolute Gasteiger partial charge is 0.280 e. The van der Waals surface area contributed by atoms with Crippen LogP contribution in [0.3, 0.4) is 0 Å². The van der Waals surface area contributed by atoms with Crippen LogP contribution in [-0.4, -0.2) is 0 Å². The summed E-state index contributed by atoms with van der Waals surface area (Å²) < 4.78 is 0. The maximum absolute atomic E-state index is 6.48. The number of nitrogens with two attached hydrogens (primary N) is 1. The van der Waals surface area contributed by atoms with Gasteiger partial charge in [0.15, 0.2) is 0 Å². The van der Waals surface area contributed by atoms with Crippen LogP contribution < -0.4 is 10.9 Å². The van der Waals surface area contributed by atoms with E-state index in [1.54, 1.807) is 5.01 Å². The van der Waals surface area contributed by atoms with Crippen LogP contribution in [0.1, 0.15) is 36.1 Å². The van der Waals surface area contributed by atoms with Crippen molar-refractivity contribution in [3.63, 3.8) is 0 Å². The Kier molecular flexibility index (Phi) is 3.48. The van der Waals surface area contributed by atoms with Crippen molar-refractivity contribution in [1.82, 2.24) is 0 Å². The summed E-state index contributed by atoms with van der Waals surface area (Å²) in [5.74, 6) is 6.48. The molecule has 25 heavy (non-hydrogen) atoms. The third kappa shape index (κ3) is 2.45. The predicted molar refractivity (Wildman–Crippen MR) is 106 cm³/mol. The van der Waals surface area contributed by atoms with Crippen molar-refractivity contribution >= 4 is 11.4 Å². The van der Waals surface area contributed by atoms with Crippen LogP contribution in [-0.2, 0) is 5.41 Å². The molecule has 0 heterocycles. The highest BCUT2D eigenvalue weighted by molar-refractivity contribution is 5.83. The van der Waals surface area contributed by atoms with Gasteiger partial charge in [-0.2, -0.15) is 0 Å². The first-order chi connectivity index (χ1) is 11.9. The summed E-state index contributed by atoms with van der Waals surface area (Å²) >= 11 is 0. The zero-order valence-corrected chi connectivity index (χ0v) is 15.3. The molecule has 2 nitrogen and oxygen atoms in total. The lowest BCUT2D eigenvalue weighted by Crippen LogP contribution is -2.25. The van der Waals surface area contributed by atoms with E-state index >= 15 is 0 Å². The molecule has 0 bridgehead atoms. The lowest BCUT2D eigenvalue weighted by molar-refractivity contribution is 0.660. The number of hydrazine groups is 1. The molecule has 0 saturated carbocycles. The smallest absolute Gasteiger partial charge is 0.0580 e. The van der Waals surface area contributed by atoms with Gasteiger partial charge < -0.3 is 0 Å². The molecule has 4 rings (SSSR count). The zero-order chi connectivity index (χ0) is 17.8. The summed E-state index contributed by atoms with van der Waals surface area (Å²) in [6.45, 7) is 8.79. The molecule has 3 aromatic rings. The van der Waals surface area contributed by atoms with Gasteiger partial charge in [0.05, 0.1) is 11.4 Å². The highest BCUT2D eigenvalue weighted by Crippen LogP contribution is 2.49. The van der Waals surface area contributed by atoms with Gasteiger partial charge in [0.2, 0.25) is 0 Å². The van der Waals surface area contributed by atoms with Gasteiger partial charge in [-0.3, -0.25) is 5.01 Å². The molecule has 0 unspecified atom stereocenters. The van der Waals surface area contributed by atoms with E-state index in [-0.39, 0.29) is 5.41 Å². The number of hydrogen-bond acceptors (Lipinski definition) is 2. The van der Waals surface area contributed by atoms with Crippen LogP contribution in [0.4, 0.5) is 11.4 Å². The van der Waals surface area contributed by atoms with E-state index in [9.17, 15) is 0 Å². The number of rotatable bonds is 2. The number of benzene rings is 3. The molecule has 0 aliphatic heterocycles. The Morgan fingerprint density at radius 2 is 1.36 bits per heavy atom. The van der Waals surface area contributed by atoms with Crippen molar-refractivity contribution in [1.29, 1.82) is 0 Å². The van der Waals surface area contributed by atoms with Gasteiger partial charge in [-0.25, -0.2) is 5.84 Å². The quantitative estimate of drug-likeness (QED) is 0.488. The molecule has 0 spiro atoms. The molecule has 126 valence electrons. The van der Waals surface area contributed by atoms with E-state index in [0.717, 1.165) is 11.4 Å². The van der Waals surface area contributed by atoms with Crippen molar-refractivity contribution in [2.24, 2.45) is 5.84 Å². The summed E-state index contributed by atoms with van der Waals surface area (Å²) in [6, 6.07) is 21.7. The summed E-state index contributed by atoms with van der Waals surface area (Å²) in [6.07, 6.45) is 0. The van der Waals surface area contributed by atoms with Crippen molar-refractivity contribution in [2.45, 2.75) is 33.1 Å². The Bertz CT molecular complexity index is 949. The van der Waals surface area contributed by atoms with E-state index in [0.29, 0.717) is 0 Å². The van der Waals surface area contributed by atoms with Crippen LogP contribution in [0.5, 0.6) is 0 Å². The van der Waals surface area contributed by atoms with Gasteiger partial charge in [0.1, 0.15) is 0 Å². The second kappa shape index (κ2) is 5.47. The van der Waals surface area contributed by atoms with Crippen molar-refractivity contribution in [3.8, 4) is 11.1 Å². The minimum absolute atomic E-state index is 0.00863. The average Bonchev–Trinajstić information content (AvgIpc) is 2.81. The third-order valence-corrected chi connectivity index (χ3v) is 5.33. The molecule has 0 fully saturated rings. The summed E-state index contributed by atoms with van der Waals surface area (Å²) in [7, 11) is 0. The zero-order valence-electron chi connectivity index (χ0n) is 15.3. The SMILES string of the molecule is Cc1cc(C)cc(N(N)c2ccc3c(c2)C(C)(C)c2ccccc2-3)c1. The third-order valence-electron chi connectivity index (χ3n) is 5.33. The maximum atomic E-state index is 6.48. The summed E-state index contributed by atoms with van der Waals surface area (Å²) in [5, 5.41) is 1.79. The maximum Gasteiger partial charge on any atom is 0.0580 e. The molecule has 0 radical (unpaired) electrons. The second-order valence-electron chi connectivity index (χ2n) is 7.62. The fourth-order valence-corrected chi connectivity index (χ4v) is 4.08. The Morgan fingerprint density at radius 1 is 0.720 bits per heavy atom. The molecule has 0 saturated heterocycles. The minimum Gasteiger partial charge on any atom is -0.280 e. The van der Waals surface area contributed by atoms with Gasteiger partial charge in [-0.05, 0) is 71.5 Å². The first kappa shape index (κ1) is 15.9. The number of aryl methyl sites for hydroxylation is 2. The highest BCUT2D eigenvalue weighted by Gasteiger charge is 2.35. The van der Waals surface area contributed by atoms with Gasteiger partial charge in [-0.1, -0.05) is 50.2 Å². The van der Waals surface area contributed by atoms with Gasteiger partial charge in [0.25, 0.3) is 0 Å². The van der Waals surface area contributed by atoms with Gasteiger partial charge >= 0.3 is 0 Å². The lowest BCUT2D eigenvalue weighted by atomic mass is 9.82. The molecule has 0 atom stereocenters. The average molecular weight is 328 g/mol. The van der Waals surface area contributed by atoms with Crippen LogP contribution >= 0.6 is 0 Å². The predicted octanol–water partition coefficient (Wildman–Crippen LogP) is 5.62. The fraction of sp³-hybridized carbons (Fsp3) is 0.217. The molecule has 2 N–H and O–H groups in total. The van der Waals surface area contributed by atoms with Crippen LogP contribution in [0.2, 0.25) is 0 Å². The van der Waals surface area contributed by atoms with E-state index in [1.807, 2.05) is 0 Å². The lowest BCUT2D eigenvalue weighted by Gasteiger charge is -2.25. The number of hydrogen-bond donors (Lipinski definition) is 1. The van der Waals surface area contributed by atoms with Gasteiger partial charge in [-0.15, -0.1) is 0 Å². The van der Waals surface area contributed by atoms with Gasteiger partial charge in [0, 0.05) is 5.41 Å². The Morgan fingerprint density at radius 3 is 2.08 bits per heavy atom. The summed E-state index contributed by atoms with van der Waals surface area (Å²) in [4.78, 5) is 0. The Hall–Kier alpha value is -2.58. The number of fused-ring (bicyclic) bond motifs is 3. The molecule has 1 aliphatic rings. The van der Waals surface area contributed by atoms with E-state index in [4.69, 9.17) is 5.84 Å². The molecule has 3 aromatic carbocycles. The van der Waals surface area contributed by atoms with Crippen molar-refractivity contribution < 1.29 is 0 Å². The molecule has 0 amide bonds. The van der Waals surface area contributed by atoms with Crippen LogP contribution in [0.25, 0.3) is 11.1 Å². The van der Waals surface area contributed by atoms with Crippen molar-refractivity contribution in [2.75, 3.05) is 5.01 Å². The first-order valence-electron chi connectivity index (χ1n) is 8.75.